The number of carbonyl (C=O) groups excluding carboxylic acids is 2. The molecule has 3 aromatic rings. The van der Waals surface area contributed by atoms with Crippen LogP contribution in [0.25, 0.3) is 11.3 Å². The summed E-state index contributed by atoms with van der Waals surface area (Å²) >= 11 is 4.78. The number of hydrogen-bond donors (Lipinski definition) is 2. The van der Waals surface area contributed by atoms with E-state index in [2.05, 4.69) is 31.2 Å². The number of benzene rings is 2. The lowest BCUT2D eigenvalue weighted by Gasteiger charge is -2.15. The van der Waals surface area contributed by atoms with Gasteiger partial charge in [0.2, 0.25) is 11.8 Å². The Hall–Kier alpha value is -2.58. The SMILES string of the molecule is CC(=O)N1CCc2cc(NC(=O)CSc3ncc(-c4ccc(Br)cc4)[nH]3)ccc21. The lowest BCUT2D eigenvalue weighted by molar-refractivity contribution is -0.116. The Bertz CT molecular complexity index is 1060. The molecule has 148 valence electrons. The zero-order chi connectivity index (χ0) is 20.4. The van der Waals surface area contributed by atoms with Crippen molar-refractivity contribution in [2.75, 3.05) is 22.5 Å². The van der Waals surface area contributed by atoms with Crippen LogP contribution in [0.3, 0.4) is 0 Å². The molecule has 2 amide bonds. The Morgan fingerprint density at radius 3 is 2.79 bits per heavy atom. The number of halogens is 1. The Morgan fingerprint density at radius 2 is 2.03 bits per heavy atom. The molecular weight excluding hydrogens is 452 g/mol. The highest BCUT2D eigenvalue weighted by molar-refractivity contribution is 9.10. The maximum atomic E-state index is 12.3. The Labute approximate surface area is 181 Å². The molecule has 29 heavy (non-hydrogen) atoms. The smallest absolute Gasteiger partial charge is 0.234 e. The number of nitrogens with one attached hydrogen (secondary N) is 2. The third kappa shape index (κ3) is 4.54. The quantitative estimate of drug-likeness (QED) is 0.538. The molecular formula is C21H19BrN4O2S. The summed E-state index contributed by atoms with van der Waals surface area (Å²) in [5.41, 5.74) is 4.70. The first kappa shape index (κ1) is 19.7. The largest absolute Gasteiger partial charge is 0.333 e. The van der Waals surface area contributed by atoms with Crippen LogP contribution in [0.1, 0.15) is 12.5 Å². The number of anilines is 2. The monoisotopic (exact) mass is 470 g/mol. The van der Waals surface area contributed by atoms with Crippen LogP contribution in [0.15, 0.2) is 58.3 Å². The molecule has 1 aliphatic rings. The van der Waals surface area contributed by atoms with Gasteiger partial charge in [0.1, 0.15) is 0 Å². The average Bonchev–Trinajstić information content (AvgIpc) is 3.34. The van der Waals surface area contributed by atoms with Crippen molar-refractivity contribution in [2.24, 2.45) is 0 Å². The first-order chi connectivity index (χ1) is 14.0. The highest BCUT2D eigenvalue weighted by atomic mass is 79.9. The van der Waals surface area contributed by atoms with Gasteiger partial charge in [0.05, 0.1) is 17.6 Å². The fraction of sp³-hybridized carbons (Fsp3) is 0.190. The van der Waals surface area contributed by atoms with Crippen LogP contribution in [0.5, 0.6) is 0 Å². The number of fused-ring (bicyclic) bond motifs is 1. The fourth-order valence-corrected chi connectivity index (χ4v) is 4.20. The normalized spacial score (nSPS) is 12.7. The van der Waals surface area contributed by atoms with Crippen molar-refractivity contribution in [3.05, 3.63) is 58.7 Å². The predicted octanol–water partition coefficient (Wildman–Crippen LogP) is 4.48. The van der Waals surface area contributed by atoms with E-state index in [-0.39, 0.29) is 17.6 Å². The number of imidazole rings is 1. The second-order valence-electron chi connectivity index (χ2n) is 6.71. The predicted molar refractivity (Wildman–Crippen MR) is 119 cm³/mol. The molecule has 8 heteroatoms. The van der Waals surface area contributed by atoms with E-state index in [1.54, 1.807) is 18.0 Å². The van der Waals surface area contributed by atoms with Gasteiger partial charge in [0.25, 0.3) is 0 Å². The van der Waals surface area contributed by atoms with E-state index in [9.17, 15) is 9.59 Å². The van der Waals surface area contributed by atoms with Crippen molar-refractivity contribution >= 4 is 50.9 Å². The number of thioether (sulfide) groups is 1. The number of nitrogens with zero attached hydrogens (tertiary/aromatic N) is 2. The van der Waals surface area contributed by atoms with Gasteiger partial charge in [-0.15, -0.1) is 0 Å². The maximum Gasteiger partial charge on any atom is 0.234 e. The summed E-state index contributed by atoms with van der Waals surface area (Å²) < 4.78 is 1.02. The first-order valence-electron chi connectivity index (χ1n) is 9.14. The van der Waals surface area contributed by atoms with E-state index in [0.29, 0.717) is 11.7 Å². The molecule has 0 atom stereocenters. The Balaban J connectivity index is 1.34. The topological polar surface area (TPSA) is 78.1 Å². The summed E-state index contributed by atoms with van der Waals surface area (Å²) in [5.74, 6) is 0.195. The molecule has 4 rings (SSSR count). The third-order valence-electron chi connectivity index (χ3n) is 4.69. The number of amides is 2. The number of hydrogen-bond acceptors (Lipinski definition) is 4. The molecule has 0 unspecified atom stereocenters. The van der Waals surface area contributed by atoms with Crippen molar-refractivity contribution < 1.29 is 9.59 Å². The standard InChI is InChI=1S/C21H19BrN4O2S/c1-13(27)26-9-8-15-10-17(6-7-19(15)26)24-20(28)12-29-21-23-11-18(25-21)14-2-4-16(22)5-3-14/h2-7,10-11H,8-9,12H2,1H3,(H,23,25)(H,24,28). The van der Waals surface area contributed by atoms with Crippen LogP contribution in [0.2, 0.25) is 0 Å². The number of H-pyrrole nitrogens is 1. The van der Waals surface area contributed by atoms with Crippen molar-refractivity contribution in [3.63, 3.8) is 0 Å². The Morgan fingerprint density at radius 1 is 1.24 bits per heavy atom. The third-order valence-corrected chi connectivity index (χ3v) is 6.10. The minimum atomic E-state index is -0.0991. The fourth-order valence-electron chi connectivity index (χ4n) is 3.29. The first-order valence-corrected chi connectivity index (χ1v) is 10.9. The van der Waals surface area contributed by atoms with E-state index in [4.69, 9.17) is 0 Å². The van der Waals surface area contributed by atoms with E-state index < -0.39 is 0 Å². The van der Waals surface area contributed by atoms with E-state index >= 15 is 0 Å². The van der Waals surface area contributed by atoms with Crippen molar-refractivity contribution in [3.8, 4) is 11.3 Å². The molecule has 6 nitrogen and oxygen atoms in total. The lowest BCUT2D eigenvalue weighted by Crippen LogP contribution is -2.25. The van der Waals surface area contributed by atoms with E-state index in [0.717, 1.165) is 39.1 Å². The summed E-state index contributed by atoms with van der Waals surface area (Å²) in [4.78, 5) is 33.3. The van der Waals surface area contributed by atoms with Crippen LogP contribution >= 0.6 is 27.7 Å². The second kappa shape index (κ2) is 8.42. The van der Waals surface area contributed by atoms with Gasteiger partial charge in [-0.05, 0) is 47.9 Å². The number of rotatable bonds is 5. The number of aromatic amines is 1. The zero-order valence-corrected chi connectivity index (χ0v) is 18.1. The molecule has 2 heterocycles. The highest BCUT2D eigenvalue weighted by Gasteiger charge is 2.22. The van der Waals surface area contributed by atoms with Gasteiger partial charge in [0, 0.05) is 29.3 Å². The molecule has 2 aromatic carbocycles. The van der Waals surface area contributed by atoms with Crippen LogP contribution in [-0.4, -0.2) is 34.1 Å². The van der Waals surface area contributed by atoms with Crippen LogP contribution < -0.4 is 10.2 Å². The summed E-state index contributed by atoms with van der Waals surface area (Å²) in [6.07, 6.45) is 2.57. The van der Waals surface area contributed by atoms with Gasteiger partial charge >= 0.3 is 0 Å². The molecule has 0 saturated carbocycles. The van der Waals surface area contributed by atoms with Gasteiger partial charge in [-0.1, -0.05) is 39.8 Å². The van der Waals surface area contributed by atoms with Crippen molar-refractivity contribution in [1.29, 1.82) is 0 Å². The van der Waals surface area contributed by atoms with Crippen molar-refractivity contribution in [1.82, 2.24) is 9.97 Å². The molecule has 0 bridgehead atoms. The van der Waals surface area contributed by atoms with Gasteiger partial charge in [0.15, 0.2) is 5.16 Å². The molecule has 0 spiro atoms. The van der Waals surface area contributed by atoms with Gasteiger partial charge < -0.3 is 15.2 Å². The van der Waals surface area contributed by atoms with Gasteiger partial charge in [-0.3, -0.25) is 9.59 Å². The van der Waals surface area contributed by atoms with Crippen LogP contribution in [0.4, 0.5) is 11.4 Å². The molecule has 1 aromatic heterocycles. The zero-order valence-electron chi connectivity index (χ0n) is 15.7. The molecule has 2 N–H and O–H groups in total. The molecule has 0 aliphatic carbocycles. The number of carbonyl (C=O) groups is 2. The van der Waals surface area contributed by atoms with E-state index in [1.807, 2.05) is 42.5 Å². The average molecular weight is 471 g/mol. The van der Waals surface area contributed by atoms with Crippen LogP contribution in [-0.2, 0) is 16.0 Å². The van der Waals surface area contributed by atoms with Crippen molar-refractivity contribution in [2.45, 2.75) is 18.5 Å². The molecule has 0 fully saturated rings. The van der Waals surface area contributed by atoms with Gasteiger partial charge in [-0.2, -0.15) is 0 Å². The highest BCUT2D eigenvalue weighted by Crippen LogP contribution is 2.30. The molecule has 0 radical (unpaired) electrons. The molecule has 1 aliphatic heterocycles. The minimum absolute atomic E-state index is 0.0397. The lowest BCUT2D eigenvalue weighted by atomic mass is 10.1. The maximum absolute atomic E-state index is 12.3. The van der Waals surface area contributed by atoms with Gasteiger partial charge in [-0.25, -0.2) is 4.98 Å². The summed E-state index contributed by atoms with van der Waals surface area (Å²) in [6.45, 7) is 2.26. The number of aromatic nitrogens is 2. The Kier molecular flexibility index (Phi) is 5.73. The molecule has 0 saturated heterocycles. The summed E-state index contributed by atoms with van der Waals surface area (Å²) in [7, 11) is 0. The summed E-state index contributed by atoms with van der Waals surface area (Å²) in [5, 5.41) is 3.62. The second-order valence-corrected chi connectivity index (χ2v) is 8.59. The summed E-state index contributed by atoms with van der Waals surface area (Å²) in [6, 6.07) is 13.6. The minimum Gasteiger partial charge on any atom is -0.333 e. The van der Waals surface area contributed by atoms with E-state index in [1.165, 1.54) is 11.8 Å². The van der Waals surface area contributed by atoms with Crippen LogP contribution in [0, 0.1) is 0 Å².